The van der Waals surface area contributed by atoms with E-state index in [1.54, 1.807) is 11.3 Å². The summed E-state index contributed by atoms with van der Waals surface area (Å²) in [5.41, 5.74) is 0.813. The Bertz CT molecular complexity index is 376. The van der Waals surface area contributed by atoms with Crippen molar-refractivity contribution in [3.8, 4) is 0 Å². The molecular weight excluding hydrogens is 274 g/mol. The van der Waals surface area contributed by atoms with Crippen LogP contribution in [0.2, 0.25) is 0 Å². The SMILES string of the molecule is CC1CC(C)N(C(=O)c2csc(Br)c2)C1. The van der Waals surface area contributed by atoms with Gasteiger partial charge in [-0.3, -0.25) is 4.79 Å². The Kier molecular flexibility index (Phi) is 3.16. The molecule has 15 heavy (non-hydrogen) atoms. The van der Waals surface area contributed by atoms with Gasteiger partial charge in [0.2, 0.25) is 0 Å². The lowest BCUT2D eigenvalue weighted by molar-refractivity contribution is 0.0744. The summed E-state index contributed by atoms with van der Waals surface area (Å²) >= 11 is 4.95. The molecule has 4 heteroatoms. The Balaban J connectivity index is 2.15. The Morgan fingerprint density at radius 3 is 2.80 bits per heavy atom. The summed E-state index contributed by atoms with van der Waals surface area (Å²) in [7, 11) is 0. The zero-order chi connectivity index (χ0) is 11.0. The van der Waals surface area contributed by atoms with E-state index in [4.69, 9.17) is 0 Å². The second kappa shape index (κ2) is 4.26. The second-order valence-electron chi connectivity index (χ2n) is 4.29. The summed E-state index contributed by atoms with van der Waals surface area (Å²) < 4.78 is 1.02. The molecule has 2 rings (SSSR count). The zero-order valence-electron chi connectivity index (χ0n) is 8.87. The third kappa shape index (κ3) is 2.26. The van der Waals surface area contributed by atoms with Gasteiger partial charge in [0.15, 0.2) is 0 Å². The molecule has 2 unspecified atom stereocenters. The van der Waals surface area contributed by atoms with Crippen molar-refractivity contribution in [3.05, 3.63) is 20.8 Å². The molecule has 1 saturated heterocycles. The van der Waals surface area contributed by atoms with Gasteiger partial charge in [0.1, 0.15) is 0 Å². The molecule has 1 aromatic heterocycles. The molecule has 0 radical (unpaired) electrons. The van der Waals surface area contributed by atoms with Gasteiger partial charge in [-0.1, -0.05) is 6.92 Å². The topological polar surface area (TPSA) is 20.3 Å². The van der Waals surface area contributed by atoms with Crippen LogP contribution in [0.5, 0.6) is 0 Å². The highest BCUT2D eigenvalue weighted by molar-refractivity contribution is 9.11. The van der Waals surface area contributed by atoms with E-state index in [0.717, 1.165) is 22.3 Å². The number of thiophene rings is 1. The van der Waals surface area contributed by atoms with Crippen molar-refractivity contribution in [1.82, 2.24) is 4.90 Å². The predicted octanol–water partition coefficient (Wildman–Crippen LogP) is 3.38. The molecule has 1 amide bonds. The fourth-order valence-corrected chi connectivity index (χ4v) is 3.30. The van der Waals surface area contributed by atoms with Crippen LogP contribution in [-0.2, 0) is 0 Å². The van der Waals surface area contributed by atoms with Gasteiger partial charge < -0.3 is 4.90 Å². The average molecular weight is 288 g/mol. The van der Waals surface area contributed by atoms with Gasteiger partial charge in [0.25, 0.3) is 5.91 Å². The van der Waals surface area contributed by atoms with Crippen molar-refractivity contribution >= 4 is 33.2 Å². The smallest absolute Gasteiger partial charge is 0.254 e. The van der Waals surface area contributed by atoms with E-state index >= 15 is 0 Å². The monoisotopic (exact) mass is 287 g/mol. The van der Waals surface area contributed by atoms with Gasteiger partial charge in [-0.25, -0.2) is 0 Å². The molecule has 82 valence electrons. The van der Waals surface area contributed by atoms with E-state index in [2.05, 4.69) is 29.8 Å². The zero-order valence-corrected chi connectivity index (χ0v) is 11.3. The summed E-state index contributed by atoms with van der Waals surface area (Å²) in [4.78, 5) is 14.1. The molecule has 0 aromatic carbocycles. The third-order valence-corrected chi connectivity index (χ3v) is 4.36. The van der Waals surface area contributed by atoms with E-state index in [1.165, 1.54) is 0 Å². The van der Waals surface area contributed by atoms with E-state index in [1.807, 2.05) is 16.3 Å². The maximum Gasteiger partial charge on any atom is 0.254 e. The number of likely N-dealkylation sites (tertiary alicyclic amines) is 1. The minimum Gasteiger partial charge on any atom is -0.336 e. The van der Waals surface area contributed by atoms with Crippen molar-refractivity contribution < 1.29 is 4.79 Å². The Labute approximate surface area is 102 Å². The van der Waals surface area contributed by atoms with Crippen LogP contribution in [0, 0.1) is 5.92 Å². The minimum atomic E-state index is 0.175. The third-order valence-electron chi connectivity index (χ3n) is 2.86. The van der Waals surface area contributed by atoms with Crippen LogP contribution in [-0.4, -0.2) is 23.4 Å². The maximum absolute atomic E-state index is 12.1. The second-order valence-corrected chi connectivity index (χ2v) is 6.58. The standard InChI is InChI=1S/C11H14BrNOS/c1-7-3-8(2)13(5-7)11(14)9-4-10(12)15-6-9/h4,6-8H,3,5H2,1-2H3. The lowest BCUT2D eigenvalue weighted by Crippen LogP contribution is -2.33. The molecule has 2 nitrogen and oxygen atoms in total. The molecular formula is C11H14BrNOS. The first-order valence-electron chi connectivity index (χ1n) is 5.13. The molecule has 0 spiro atoms. The van der Waals surface area contributed by atoms with Crippen LogP contribution < -0.4 is 0 Å². The molecule has 1 aliphatic heterocycles. The number of nitrogens with zero attached hydrogens (tertiary/aromatic N) is 1. The van der Waals surface area contributed by atoms with Crippen molar-refractivity contribution in [2.24, 2.45) is 5.92 Å². The van der Waals surface area contributed by atoms with Crippen LogP contribution in [0.4, 0.5) is 0 Å². The number of halogens is 1. The number of carbonyl (C=O) groups is 1. The van der Waals surface area contributed by atoms with Gasteiger partial charge in [0, 0.05) is 18.0 Å². The van der Waals surface area contributed by atoms with E-state index in [-0.39, 0.29) is 5.91 Å². The van der Waals surface area contributed by atoms with Gasteiger partial charge in [-0.05, 0) is 41.3 Å². The number of hydrogen-bond acceptors (Lipinski definition) is 2. The largest absolute Gasteiger partial charge is 0.336 e. The lowest BCUT2D eigenvalue weighted by Gasteiger charge is -2.20. The van der Waals surface area contributed by atoms with Crippen molar-refractivity contribution in [1.29, 1.82) is 0 Å². The van der Waals surface area contributed by atoms with E-state index < -0.39 is 0 Å². The normalized spacial score (nSPS) is 25.9. The molecule has 0 aliphatic carbocycles. The Morgan fingerprint density at radius 2 is 2.33 bits per heavy atom. The van der Waals surface area contributed by atoms with Crippen LogP contribution >= 0.6 is 27.3 Å². The highest BCUT2D eigenvalue weighted by atomic mass is 79.9. The fourth-order valence-electron chi connectivity index (χ4n) is 2.17. The quantitative estimate of drug-likeness (QED) is 0.775. The molecule has 0 bridgehead atoms. The van der Waals surface area contributed by atoms with Crippen LogP contribution in [0.1, 0.15) is 30.6 Å². The Hall–Kier alpha value is -0.350. The summed E-state index contributed by atoms with van der Waals surface area (Å²) in [6, 6.07) is 2.29. The molecule has 0 saturated carbocycles. The summed E-state index contributed by atoms with van der Waals surface area (Å²) in [5, 5.41) is 1.92. The fraction of sp³-hybridized carbons (Fsp3) is 0.545. The maximum atomic E-state index is 12.1. The van der Waals surface area contributed by atoms with Gasteiger partial charge >= 0.3 is 0 Å². The molecule has 1 aromatic rings. The Morgan fingerprint density at radius 1 is 1.60 bits per heavy atom. The highest BCUT2D eigenvalue weighted by Crippen LogP contribution is 2.27. The molecule has 0 N–H and O–H groups in total. The van der Waals surface area contributed by atoms with Crippen molar-refractivity contribution in [3.63, 3.8) is 0 Å². The summed E-state index contributed by atoms with van der Waals surface area (Å²) in [6.45, 7) is 5.23. The minimum absolute atomic E-state index is 0.175. The van der Waals surface area contributed by atoms with Gasteiger partial charge in [-0.2, -0.15) is 0 Å². The molecule has 2 heterocycles. The first kappa shape index (κ1) is 11.1. The van der Waals surface area contributed by atoms with Crippen molar-refractivity contribution in [2.45, 2.75) is 26.3 Å². The van der Waals surface area contributed by atoms with Gasteiger partial charge in [0.05, 0.1) is 9.35 Å². The lowest BCUT2D eigenvalue weighted by atomic mass is 10.1. The summed E-state index contributed by atoms with van der Waals surface area (Å²) in [6.07, 6.45) is 1.12. The van der Waals surface area contributed by atoms with Crippen LogP contribution in [0.25, 0.3) is 0 Å². The number of hydrogen-bond donors (Lipinski definition) is 0. The van der Waals surface area contributed by atoms with Crippen LogP contribution in [0.15, 0.2) is 15.2 Å². The van der Waals surface area contributed by atoms with E-state index in [9.17, 15) is 4.79 Å². The molecule has 2 atom stereocenters. The summed E-state index contributed by atoms with van der Waals surface area (Å²) in [5.74, 6) is 0.805. The molecule has 1 fully saturated rings. The number of amides is 1. The van der Waals surface area contributed by atoms with Crippen LogP contribution in [0.3, 0.4) is 0 Å². The first-order valence-corrected chi connectivity index (χ1v) is 6.80. The van der Waals surface area contributed by atoms with Gasteiger partial charge in [-0.15, -0.1) is 11.3 Å². The number of carbonyl (C=O) groups excluding carboxylic acids is 1. The number of rotatable bonds is 1. The van der Waals surface area contributed by atoms with E-state index in [0.29, 0.717) is 12.0 Å². The molecule has 1 aliphatic rings. The average Bonchev–Trinajstić information content (AvgIpc) is 2.71. The highest BCUT2D eigenvalue weighted by Gasteiger charge is 2.30. The van der Waals surface area contributed by atoms with Crippen molar-refractivity contribution in [2.75, 3.05) is 6.54 Å². The predicted molar refractivity (Wildman–Crippen MR) is 66.3 cm³/mol. The first-order chi connectivity index (χ1) is 7.08.